The molecule has 3 heterocycles. The van der Waals surface area contributed by atoms with Gasteiger partial charge in [-0.15, -0.1) is 10.2 Å². The number of nitrogens with zero attached hydrogens (tertiary/aromatic N) is 5. The average molecular weight is 454 g/mol. The Bertz CT molecular complexity index is 1100. The lowest BCUT2D eigenvalue weighted by Gasteiger charge is -2.28. The van der Waals surface area contributed by atoms with E-state index in [2.05, 4.69) is 57.1 Å². The summed E-state index contributed by atoms with van der Waals surface area (Å²) in [5, 5.41) is 9.73. The fourth-order valence-electron chi connectivity index (χ4n) is 4.21. The molecule has 1 aliphatic rings. The van der Waals surface area contributed by atoms with Gasteiger partial charge in [0.1, 0.15) is 0 Å². The van der Waals surface area contributed by atoms with Gasteiger partial charge < -0.3 is 14.2 Å². The van der Waals surface area contributed by atoms with Crippen LogP contribution >= 0.6 is 11.8 Å². The van der Waals surface area contributed by atoms with Crippen molar-refractivity contribution in [1.29, 1.82) is 0 Å². The number of Topliss-reactive ketones (excluding diaryl/α,β-unsaturated/α-hetero) is 1. The second-order valence-corrected chi connectivity index (χ2v) is 9.09. The van der Waals surface area contributed by atoms with Gasteiger partial charge >= 0.3 is 0 Å². The first-order valence-electron chi connectivity index (χ1n) is 11.2. The molecule has 8 heteroatoms. The molecule has 3 aromatic rings. The highest BCUT2D eigenvalue weighted by molar-refractivity contribution is 7.99. The Morgan fingerprint density at radius 2 is 1.88 bits per heavy atom. The highest BCUT2D eigenvalue weighted by Gasteiger charge is 2.24. The molecule has 1 aromatic carbocycles. The predicted molar refractivity (Wildman–Crippen MR) is 128 cm³/mol. The number of para-hydroxylation sites is 1. The van der Waals surface area contributed by atoms with Crippen LogP contribution in [0.3, 0.4) is 0 Å². The maximum absolute atomic E-state index is 13.1. The molecule has 0 spiro atoms. The van der Waals surface area contributed by atoms with Gasteiger partial charge in [-0.1, -0.05) is 36.9 Å². The third-order valence-electron chi connectivity index (χ3n) is 5.92. The molecule has 4 rings (SSSR count). The molecule has 0 aliphatic carbocycles. The lowest BCUT2D eigenvalue weighted by Crippen LogP contribution is -2.38. The minimum atomic E-state index is 0.123. The fourth-order valence-corrected chi connectivity index (χ4v) is 5.03. The molecule has 0 bridgehead atoms. The van der Waals surface area contributed by atoms with Gasteiger partial charge in [0.15, 0.2) is 10.9 Å². The summed E-state index contributed by atoms with van der Waals surface area (Å²) in [5.41, 5.74) is 5.16. The van der Waals surface area contributed by atoms with E-state index in [0.717, 1.165) is 65.4 Å². The van der Waals surface area contributed by atoms with E-state index in [-0.39, 0.29) is 5.78 Å². The van der Waals surface area contributed by atoms with E-state index in [1.165, 1.54) is 11.8 Å². The molecule has 1 aliphatic heterocycles. The number of benzene rings is 1. The Kier molecular flexibility index (Phi) is 7.01. The van der Waals surface area contributed by atoms with Crippen molar-refractivity contribution in [3.05, 3.63) is 52.8 Å². The van der Waals surface area contributed by atoms with Crippen molar-refractivity contribution >= 4 is 23.5 Å². The Labute approximate surface area is 193 Å². The number of anilines is 1. The van der Waals surface area contributed by atoms with Crippen LogP contribution in [0.5, 0.6) is 0 Å². The van der Waals surface area contributed by atoms with E-state index in [1.807, 2.05) is 25.1 Å². The van der Waals surface area contributed by atoms with Gasteiger partial charge in [0.2, 0.25) is 5.95 Å². The van der Waals surface area contributed by atoms with Crippen LogP contribution in [-0.4, -0.2) is 57.2 Å². The minimum Gasteiger partial charge on any atom is -0.378 e. The number of thioether (sulfide) groups is 1. The Balaban J connectivity index is 1.61. The van der Waals surface area contributed by atoms with Crippen LogP contribution in [0.15, 0.2) is 35.5 Å². The first-order chi connectivity index (χ1) is 15.5. The number of hydrogen-bond acceptors (Lipinski definition) is 6. The number of ether oxygens (including phenoxy) is 1. The molecule has 0 saturated carbocycles. The van der Waals surface area contributed by atoms with Crippen molar-refractivity contribution in [3.8, 4) is 5.69 Å². The number of aromatic nitrogens is 4. The lowest BCUT2D eigenvalue weighted by atomic mass is 10.2. The van der Waals surface area contributed by atoms with Gasteiger partial charge in [0, 0.05) is 36.6 Å². The standard InChI is InChI=1S/C24H31N5O2S/c1-5-10-28-18(3)15-20(19(28)4)22(30)16-32-24-26-25-23(27-11-13-31-14-12-27)29(24)21-9-7-6-8-17(21)2/h6-9,15H,5,10-14,16H2,1-4H3. The van der Waals surface area contributed by atoms with Crippen LogP contribution in [0.2, 0.25) is 0 Å². The zero-order chi connectivity index (χ0) is 22.7. The summed E-state index contributed by atoms with van der Waals surface area (Å²) in [4.78, 5) is 15.3. The molecule has 0 atom stereocenters. The average Bonchev–Trinajstić information content (AvgIpc) is 3.35. The summed E-state index contributed by atoms with van der Waals surface area (Å²) < 4.78 is 9.82. The van der Waals surface area contributed by atoms with Crippen LogP contribution in [0.4, 0.5) is 5.95 Å². The molecule has 170 valence electrons. The second-order valence-electron chi connectivity index (χ2n) is 8.15. The van der Waals surface area contributed by atoms with Gasteiger partial charge in [0.05, 0.1) is 24.7 Å². The summed E-state index contributed by atoms with van der Waals surface area (Å²) >= 11 is 1.45. The summed E-state index contributed by atoms with van der Waals surface area (Å²) in [5.74, 6) is 1.25. The third kappa shape index (κ3) is 4.47. The SMILES string of the molecule is CCCn1c(C)cc(C(=O)CSc2nnc(N3CCOCC3)n2-c2ccccc2C)c1C. The van der Waals surface area contributed by atoms with Crippen LogP contribution in [-0.2, 0) is 11.3 Å². The van der Waals surface area contributed by atoms with Crippen LogP contribution in [0.1, 0.15) is 40.7 Å². The lowest BCUT2D eigenvalue weighted by molar-refractivity contribution is 0.102. The number of morpholine rings is 1. The van der Waals surface area contributed by atoms with Crippen LogP contribution < -0.4 is 4.90 Å². The van der Waals surface area contributed by atoms with Crippen molar-refractivity contribution in [2.45, 2.75) is 45.8 Å². The molecule has 0 N–H and O–H groups in total. The number of aryl methyl sites for hydroxylation is 2. The Morgan fingerprint density at radius 3 is 2.59 bits per heavy atom. The maximum atomic E-state index is 13.1. The summed E-state index contributed by atoms with van der Waals surface area (Å²) in [6.07, 6.45) is 1.04. The zero-order valence-electron chi connectivity index (χ0n) is 19.3. The number of ketones is 1. The van der Waals surface area contributed by atoms with Gasteiger partial charge in [-0.05, 0) is 44.9 Å². The van der Waals surface area contributed by atoms with E-state index >= 15 is 0 Å². The molecule has 1 fully saturated rings. The molecular formula is C24H31N5O2S. The minimum absolute atomic E-state index is 0.123. The monoisotopic (exact) mass is 453 g/mol. The van der Waals surface area contributed by atoms with Crippen molar-refractivity contribution in [1.82, 2.24) is 19.3 Å². The predicted octanol–water partition coefficient (Wildman–Crippen LogP) is 4.22. The number of carbonyl (C=O) groups excluding carboxylic acids is 1. The van der Waals surface area contributed by atoms with Crippen LogP contribution in [0.25, 0.3) is 5.69 Å². The van der Waals surface area contributed by atoms with E-state index in [4.69, 9.17) is 4.74 Å². The van der Waals surface area contributed by atoms with Crippen molar-refractivity contribution in [2.75, 3.05) is 37.0 Å². The highest BCUT2D eigenvalue weighted by atomic mass is 32.2. The topological polar surface area (TPSA) is 65.2 Å². The van der Waals surface area contributed by atoms with E-state index < -0.39 is 0 Å². The van der Waals surface area contributed by atoms with E-state index in [1.54, 1.807) is 0 Å². The van der Waals surface area contributed by atoms with Crippen LogP contribution in [0, 0.1) is 20.8 Å². The number of rotatable bonds is 8. The Morgan fingerprint density at radius 1 is 1.12 bits per heavy atom. The number of carbonyl (C=O) groups is 1. The molecule has 32 heavy (non-hydrogen) atoms. The summed E-state index contributed by atoms with van der Waals surface area (Å²) in [7, 11) is 0. The van der Waals surface area contributed by atoms with Crippen molar-refractivity contribution in [3.63, 3.8) is 0 Å². The second kappa shape index (κ2) is 9.92. The van der Waals surface area contributed by atoms with Crippen molar-refractivity contribution < 1.29 is 9.53 Å². The normalized spacial score (nSPS) is 14.2. The highest BCUT2D eigenvalue weighted by Crippen LogP contribution is 2.29. The van der Waals surface area contributed by atoms with Gasteiger partial charge in [-0.2, -0.15) is 0 Å². The largest absolute Gasteiger partial charge is 0.378 e. The maximum Gasteiger partial charge on any atom is 0.232 e. The smallest absolute Gasteiger partial charge is 0.232 e. The zero-order valence-corrected chi connectivity index (χ0v) is 20.1. The molecule has 1 saturated heterocycles. The first-order valence-corrected chi connectivity index (χ1v) is 12.2. The van der Waals surface area contributed by atoms with Gasteiger partial charge in [-0.3, -0.25) is 9.36 Å². The molecular weight excluding hydrogens is 422 g/mol. The molecule has 7 nitrogen and oxygen atoms in total. The van der Waals surface area contributed by atoms with E-state index in [0.29, 0.717) is 19.0 Å². The first kappa shape index (κ1) is 22.6. The Hall–Kier alpha value is -2.58. The molecule has 0 radical (unpaired) electrons. The van der Waals surface area contributed by atoms with Gasteiger partial charge in [-0.25, -0.2) is 0 Å². The third-order valence-corrected chi connectivity index (χ3v) is 6.85. The quantitative estimate of drug-likeness (QED) is 0.376. The number of hydrogen-bond donors (Lipinski definition) is 0. The fraction of sp³-hybridized carbons (Fsp3) is 0.458. The molecule has 0 amide bonds. The molecule has 0 unspecified atom stereocenters. The molecule has 2 aromatic heterocycles. The summed E-state index contributed by atoms with van der Waals surface area (Å²) in [6, 6.07) is 10.2. The summed E-state index contributed by atoms with van der Waals surface area (Å²) in [6.45, 7) is 12.2. The van der Waals surface area contributed by atoms with Gasteiger partial charge in [0.25, 0.3) is 0 Å². The van der Waals surface area contributed by atoms with Crippen molar-refractivity contribution in [2.24, 2.45) is 0 Å². The van der Waals surface area contributed by atoms with E-state index in [9.17, 15) is 4.79 Å².